The van der Waals surface area contributed by atoms with E-state index in [2.05, 4.69) is 15.0 Å². The average Bonchev–Trinajstić information content (AvgIpc) is 2.75. The maximum Gasteiger partial charge on any atom is 0.241 e. The van der Waals surface area contributed by atoms with Crippen molar-refractivity contribution in [1.82, 2.24) is 15.0 Å². The van der Waals surface area contributed by atoms with Crippen LogP contribution in [-0.2, 0) is 21.4 Å². The van der Waals surface area contributed by atoms with Crippen LogP contribution in [0, 0.1) is 5.92 Å². The lowest BCUT2D eigenvalue weighted by atomic mass is 10.0. The van der Waals surface area contributed by atoms with Gasteiger partial charge in [0.15, 0.2) is 11.5 Å². The molecule has 162 valence electrons. The molecular weight excluding hydrogens is 410 g/mol. The summed E-state index contributed by atoms with van der Waals surface area (Å²) in [5.41, 5.74) is 0.686. The number of pyridine rings is 1. The predicted molar refractivity (Wildman–Crippen MR) is 109 cm³/mol. The third-order valence-electron chi connectivity index (χ3n) is 4.55. The molecule has 1 aromatic carbocycles. The fraction of sp³-hybridized carbons (Fsp3) is 0.400. The van der Waals surface area contributed by atoms with Gasteiger partial charge >= 0.3 is 0 Å². The Kier molecular flexibility index (Phi) is 6.78. The first-order valence-corrected chi connectivity index (χ1v) is 11.0. The van der Waals surface area contributed by atoms with Crippen LogP contribution in [0.2, 0.25) is 0 Å². The van der Waals surface area contributed by atoms with Crippen LogP contribution >= 0.6 is 0 Å². The number of nitrogens with one attached hydrogen (secondary N) is 2. The average molecular weight is 436 g/mol. The zero-order valence-electron chi connectivity index (χ0n) is 17.0. The smallest absolute Gasteiger partial charge is 0.241 e. The molecule has 1 aromatic heterocycles. The van der Waals surface area contributed by atoms with Crippen LogP contribution in [0.3, 0.4) is 0 Å². The van der Waals surface area contributed by atoms with Crippen molar-refractivity contribution >= 4 is 15.9 Å². The van der Waals surface area contributed by atoms with E-state index < -0.39 is 22.0 Å². The molecule has 0 radical (unpaired) electrons. The number of carbonyl (C=O) groups excluding carboxylic acids is 1. The molecule has 2 heterocycles. The second kappa shape index (κ2) is 9.31. The summed E-state index contributed by atoms with van der Waals surface area (Å²) < 4.78 is 44.3. The minimum absolute atomic E-state index is 0.000807. The van der Waals surface area contributed by atoms with Crippen molar-refractivity contribution in [1.29, 1.82) is 0 Å². The van der Waals surface area contributed by atoms with Gasteiger partial charge in [0.1, 0.15) is 19.3 Å². The molecule has 0 bridgehead atoms. The van der Waals surface area contributed by atoms with Crippen molar-refractivity contribution in [2.24, 2.45) is 5.92 Å². The molecule has 2 aromatic rings. The Labute approximate surface area is 175 Å². The largest absolute Gasteiger partial charge is 0.486 e. The van der Waals surface area contributed by atoms with Crippen LogP contribution in [0.1, 0.15) is 19.4 Å². The third-order valence-corrected chi connectivity index (χ3v) is 5.99. The molecule has 1 aliphatic rings. The Balaban J connectivity index is 1.73. The molecule has 0 spiro atoms. The van der Waals surface area contributed by atoms with Crippen molar-refractivity contribution in [3.63, 3.8) is 0 Å². The van der Waals surface area contributed by atoms with E-state index in [-0.39, 0.29) is 17.4 Å². The lowest BCUT2D eigenvalue weighted by molar-refractivity contribution is -0.123. The van der Waals surface area contributed by atoms with Crippen LogP contribution in [-0.4, -0.2) is 45.7 Å². The van der Waals surface area contributed by atoms with Gasteiger partial charge in [-0.1, -0.05) is 19.9 Å². The molecule has 3 rings (SSSR count). The second-order valence-corrected chi connectivity index (χ2v) is 8.75. The van der Waals surface area contributed by atoms with Crippen molar-refractivity contribution in [3.8, 4) is 17.4 Å². The van der Waals surface area contributed by atoms with Crippen molar-refractivity contribution in [3.05, 3.63) is 42.1 Å². The number of methoxy groups -OCH3 is 1. The summed E-state index contributed by atoms with van der Waals surface area (Å²) >= 11 is 0. The van der Waals surface area contributed by atoms with Gasteiger partial charge in [0.05, 0.1) is 12.0 Å². The Hall–Kier alpha value is -2.85. The molecule has 2 N–H and O–H groups in total. The van der Waals surface area contributed by atoms with Crippen molar-refractivity contribution < 1.29 is 27.4 Å². The number of sulfonamides is 1. The Morgan fingerprint density at radius 2 is 1.93 bits per heavy atom. The molecule has 1 aliphatic heterocycles. The first-order chi connectivity index (χ1) is 14.3. The quantitative estimate of drug-likeness (QED) is 0.645. The minimum atomic E-state index is -3.96. The molecule has 0 aliphatic carbocycles. The highest BCUT2D eigenvalue weighted by molar-refractivity contribution is 7.89. The number of rotatable bonds is 8. The highest BCUT2D eigenvalue weighted by Gasteiger charge is 2.29. The summed E-state index contributed by atoms with van der Waals surface area (Å²) in [7, 11) is -2.47. The topological polar surface area (TPSA) is 116 Å². The fourth-order valence-corrected chi connectivity index (χ4v) is 4.31. The maximum absolute atomic E-state index is 12.9. The number of nitrogens with zero attached hydrogens (tertiary/aromatic N) is 1. The summed E-state index contributed by atoms with van der Waals surface area (Å²) in [6.45, 7) is 4.45. The van der Waals surface area contributed by atoms with Crippen LogP contribution in [0.5, 0.6) is 17.4 Å². The van der Waals surface area contributed by atoms with Crippen LogP contribution in [0.4, 0.5) is 0 Å². The number of fused-ring (bicyclic) bond motifs is 1. The normalized spacial score (nSPS) is 14.3. The molecule has 0 unspecified atom stereocenters. The molecule has 0 fully saturated rings. The number of amides is 1. The molecule has 1 amide bonds. The van der Waals surface area contributed by atoms with Gasteiger partial charge in [-0.15, -0.1) is 0 Å². The van der Waals surface area contributed by atoms with E-state index in [4.69, 9.17) is 14.2 Å². The van der Waals surface area contributed by atoms with E-state index >= 15 is 0 Å². The number of carbonyl (C=O) groups is 1. The first-order valence-electron chi connectivity index (χ1n) is 9.49. The van der Waals surface area contributed by atoms with E-state index in [1.54, 1.807) is 38.2 Å². The van der Waals surface area contributed by atoms with E-state index in [9.17, 15) is 13.2 Å². The summed E-state index contributed by atoms with van der Waals surface area (Å²) in [5.74, 6) is 0.516. The van der Waals surface area contributed by atoms with E-state index in [0.717, 1.165) is 0 Å². The number of hydrogen-bond acceptors (Lipinski definition) is 7. The van der Waals surface area contributed by atoms with Gasteiger partial charge in [-0.05, 0) is 24.1 Å². The zero-order chi connectivity index (χ0) is 21.7. The van der Waals surface area contributed by atoms with Crippen molar-refractivity contribution in [2.75, 3.05) is 20.3 Å². The van der Waals surface area contributed by atoms with Crippen molar-refractivity contribution in [2.45, 2.75) is 31.3 Å². The zero-order valence-corrected chi connectivity index (χ0v) is 17.9. The lowest BCUT2D eigenvalue weighted by Crippen LogP contribution is -2.49. The highest BCUT2D eigenvalue weighted by atomic mass is 32.2. The van der Waals surface area contributed by atoms with Gasteiger partial charge < -0.3 is 19.5 Å². The molecule has 1 atom stereocenters. The number of hydrogen-bond donors (Lipinski definition) is 2. The van der Waals surface area contributed by atoms with E-state index in [1.165, 1.54) is 19.2 Å². The monoisotopic (exact) mass is 435 g/mol. The number of ether oxygens (including phenoxy) is 3. The maximum atomic E-state index is 12.9. The summed E-state index contributed by atoms with van der Waals surface area (Å²) in [6.07, 6.45) is 1.59. The molecule has 10 heteroatoms. The van der Waals surface area contributed by atoms with Crippen LogP contribution in [0.25, 0.3) is 0 Å². The third kappa shape index (κ3) is 5.00. The first kappa shape index (κ1) is 21.8. The molecule has 9 nitrogen and oxygen atoms in total. The van der Waals surface area contributed by atoms with E-state index in [0.29, 0.717) is 36.2 Å². The highest BCUT2D eigenvalue weighted by Crippen LogP contribution is 2.32. The lowest BCUT2D eigenvalue weighted by Gasteiger charge is -2.23. The van der Waals surface area contributed by atoms with Gasteiger partial charge in [-0.2, -0.15) is 4.72 Å². The van der Waals surface area contributed by atoms with Crippen LogP contribution in [0.15, 0.2) is 41.4 Å². The summed E-state index contributed by atoms with van der Waals surface area (Å²) in [5, 5.41) is 2.75. The number of aromatic nitrogens is 1. The Morgan fingerprint density at radius 3 is 2.63 bits per heavy atom. The standard InChI is InChI=1S/C20H25N3O6S/c1-13(2)18(19(24)22-12-14-5-4-8-21-20(14)27-3)23-30(25,26)15-6-7-16-17(11-15)29-10-9-28-16/h4-8,11,13,18,23H,9-10,12H2,1-3H3,(H,22,24)/t18-/m0/s1. The molecule has 0 saturated heterocycles. The Morgan fingerprint density at radius 1 is 1.20 bits per heavy atom. The number of benzene rings is 1. The van der Waals surface area contributed by atoms with Gasteiger partial charge in [-0.25, -0.2) is 13.4 Å². The van der Waals surface area contributed by atoms with Gasteiger partial charge in [0.25, 0.3) is 0 Å². The SMILES string of the molecule is COc1ncccc1CNC(=O)[C@@H](NS(=O)(=O)c1ccc2c(c1)OCCO2)C(C)C. The van der Waals surface area contributed by atoms with E-state index in [1.807, 2.05) is 0 Å². The van der Waals surface area contributed by atoms with Gasteiger partial charge in [0.2, 0.25) is 21.8 Å². The summed E-state index contributed by atoms with van der Waals surface area (Å²) in [6, 6.07) is 6.90. The molecular formula is C20H25N3O6S. The summed E-state index contributed by atoms with van der Waals surface area (Å²) in [4.78, 5) is 16.8. The molecule has 30 heavy (non-hydrogen) atoms. The predicted octanol–water partition coefficient (Wildman–Crippen LogP) is 1.48. The van der Waals surface area contributed by atoms with Gasteiger partial charge in [0, 0.05) is 24.4 Å². The van der Waals surface area contributed by atoms with Gasteiger partial charge in [-0.3, -0.25) is 4.79 Å². The minimum Gasteiger partial charge on any atom is -0.486 e. The second-order valence-electron chi connectivity index (χ2n) is 7.04. The fourth-order valence-electron chi connectivity index (χ4n) is 2.95. The molecule has 0 saturated carbocycles. The van der Waals surface area contributed by atoms with Crippen LogP contribution < -0.4 is 24.2 Å². The Bertz CT molecular complexity index is 1010.